The molecule has 1 heterocycles. The van der Waals surface area contributed by atoms with Crippen LogP contribution in [-0.2, 0) is 0 Å². The lowest BCUT2D eigenvalue weighted by Gasteiger charge is -2.29. The van der Waals surface area contributed by atoms with E-state index < -0.39 is 0 Å². The van der Waals surface area contributed by atoms with Gasteiger partial charge in [0.2, 0.25) is 5.75 Å². The predicted molar refractivity (Wildman–Crippen MR) is 88.6 cm³/mol. The standard InChI is InChI=1S/C17H26N2O4/c1-11(12-6-5-9-18-10-12)19-17(20)13-7-8-14(21-2)16(23-4)15(13)22-3/h7-8,11-12,18H,5-6,9-10H2,1-4H3,(H,19,20). The number of benzene rings is 1. The molecule has 0 saturated carbocycles. The number of piperidine rings is 1. The number of methoxy groups -OCH3 is 3. The molecule has 1 aromatic carbocycles. The number of amides is 1. The molecule has 1 fully saturated rings. The van der Waals surface area contributed by atoms with Gasteiger partial charge in [0.15, 0.2) is 11.5 Å². The molecule has 128 valence electrons. The van der Waals surface area contributed by atoms with Crippen molar-refractivity contribution >= 4 is 5.91 Å². The Labute approximate surface area is 137 Å². The van der Waals surface area contributed by atoms with Crippen molar-refractivity contribution in [3.8, 4) is 17.2 Å². The number of rotatable bonds is 6. The van der Waals surface area contributed by atoms with Gasteiger partial charge in [-0.3, -0.25) is 4.79 Å². The summed E-state index contributed by atoms with van der Waals surface area (Å²) in [7, 11) is 4.59. The second-order valence-electron chi connectivity index (χ2n) is 5.75. The number of ether oxygens (including phenoxy) is 3. The zero-order chi connectivity index (χ0) is 16.8. The Morgan fingerprint density at radius 1 is 1.22 bits per heavy atom. The van der Waals surface area contributed by atoms with Crippen LogP contribution in [0.2, 0.25) is 0 Å². The lowest BCUT2D eigenvalue weighted by molar-refractivity contribution is 0.0918. The van der Waals surface area contributed by atoms with Gasteiger partial charge in [0.05, 0.1) is 26.9 Å². The number of carbonyl (C=O) groups excluding carboxylic acids is 1. The van der Waals surface area contributed by atoms with Crippen LogP contribution in [0.5, 0.6) is 17.2 Å². The third-order valence-corrected chi connectivity index (χ3v) is 4.35. The van der Waals surface area contributed by atoms with Crippen LogP contribution in [0.4, 0.5) is 0 Å². The normalized spacial score (nSPS) is 18.9. The number of hydrogen-bond donors (Lipinski definition) is 2. The fourth-order valence-corrected chi connectivity index (χ4v) is 2.99. The molecule has 0 aromatic heterocycles. The first-order valence-electron chi connectivity index (χ1n) is 7.92. The summed E-state index contributed by atoms with van der Waals surface area (Å²) >= 11 is 0. The Morgan fingerprint density at radius 2 is 1.96 bits per heavy atom. The highest BCUT2D eigenvalue weighted by atomic mass is 16.5. The molecule has 1 amide bonds. The monoisotopic (exact) mass is 322 g/mol. The van der Waals surface area contributed by atoms with E-state index in [-0.39, 0.29) is 11.9 Å². The largest absolute Gasteiger partial charge is 0.493 e. The van der Waals surface area contributed by atoms with Crippen molar-refractivity contribution in [2.24, 2.45) is 5.92 Å². The van der Waals surface area contributed by atoms with Crippen LogP contribution in [0.15, 0.2) is 12.1 Å². The molecule has 0 bridgehead atoms. The van der Waals surface area contributed by atoms with Crippen LogP contribution in [0.3, 0.4) is 0 Å². The van der Waals surface area contributed by atoms with Crippen molar-refractivity contribution in [3.05, 3.63) is 17.7 Å². The van der Waals surface area contributed by atoms with Crippen LogP contribution < -0.4 is 24.8 Å². The summed E-state index contributed by atoms with van der Waals surface area (Å²) in [6.45, 7) is 4.04. The SMILES string of the molecule is COc1ccc(C(=O)NC(C)C2CCCNC2)c(OC)c1OC. The van der Waals surface area contributed by atoms with E-state index in [0.717, 1.165) is 25.9 Å². The molecule has 1 aromatic rings. The van der Waals surface area contributed by atoms with Gasteiger partial charge < -0.3 is 24.8 Å². The van der Waals surface area contributed by atoms with Crippen molar-refractivity contribution in [1.82, 2.24) is 10.6 Å². The maximum Gasteiger partial charge on any atom is 0.255 e. The zero-order valence-electron chi connectivity index (χ0n) is 14.3. The van der Waals surface area contributed by atoms with E-state index in [1.165, 1.54) is 14.2 Å². The van der Waals surface area contributed by atoms with Gasteiger partial charge in [0, 0.05) is 6.04 Å². The minimum atomic E-state index is -0.166. The summed E-state index contributed by atoms with van der Waals surface area (Å²) < 4.78 is 16.0. The molecule has 6 nitrogen and oxygen atoms in total. The molecular formula is C17H26N2O4. The summed E-state index contributed by atoms with van der Waals surface area (Å²) in [5, 5.41) is 6.45. The Morgan fingerprint density at radius 3 is 2.52 bits per heavy atom. The van der Waals surface area contributed by atoms with E-state index in [2.05, 4.69) is 10.6 Å². The first-order valence-corrected chi connectivity index (χ1v) is 7.92. The van der Waals surface area contributed by atoms with Crippen molar-refractivity contribution in [3.63, 3.8) is 0 Å². The van der Waals surface area contributed by atoms with E-state index in [9.17, 15) is 4.79 Å². The summed E-state index contributed by atoms with van der Waals surface area (Å²) in [4.78, 5) is 12.6. The maximum absolute atomic E-state index is 12.6. The highest BCUT2D eigenvalue weighted by Gasteiger charge is 2.25. The molecule has 1 aliphatic rings. The molecule has 0 aliphatic carbocycles. The smallest absolute Gasteiger partial charge is 0.255 e. The van der Waals surface area contributed by atoms with E-state index in [1.807, 2.05) is 6.92 Å². The Balaban J connectivity index is 2.18. The van der Waals surface area contributed by atoms with E-state index >= 15 is 0 Å². The van der Waals surface area contributed by atoms with Crippen LogP contribution >= 0.6 is 0 Å². The third kappa shape index (κ3) is 3.88. The predicted octanol–water partition coefficient (Wildman–Crippen LogP) is 1.83. The Hall–Kier alpha value is -1.95. The van der Waals surface area contributed by atoms with E-state index in [1.54, 1.807) is 19.2 Å². The molecule has 1 aliphatic heterocycles. The lowest BCUT2D eigenvalue weighted by Crippen LogP contribution is -2.44. The highest BCUT2D eigenvalue weighted by Crippen LogP contribution is 2.39. The van der Waals surface area contributed by atoms with Gasteiger partial charge in [-0.25, -0.2) is 0 Å². The first-order chi connectivity index (χ1) is 11.1. The van der Waals surface area contributed by atoms with Gasteiger partial charge in [-0.2, -0.15) is 0 Å². The van der Waals surface area contributed by atoms with E-state index in [0.29, 0.717) is 28.7 Å². The summed E-state index contributed by atoms with van der Waals surface area (Å²) in [6, 6.07) is 3.50. The number of hydrogen-bond acceptors (Lipinski definition) is 5. The average Bonchev–Trinajstić information content (AvgIpc) is 2.60. The average molecular weight is 322 g/mol. The number of nitrogens with one attached hydrogen (secondary N) is 2. The van der Waals surface area contributed by atoms with E-state index in [4.69, 9.17) is 14.2 Å². The van der Waals surface area contributed by atoms with Crippen LogP contribution in [0.25, 0.3) is 0 Å². The molecule has 2 rings (SSSR count). The molecule has 2 N–H and O–H groups in total. The fraction of sp³-hybridized carbons (Fsp3) is 0.588. The molecular weight excluding hydrogens is 296 g/mol. The second-order valence-corrected chi connectivity index (χ2v) is 5.75. The van der Waals surface area contributed by atoms with Gasteiger partial charge in [-0.1, -0.05) is 0 Å². The van der Waals surface area contributed by atoms with Gasteiger partial charge in [-0.15, -0.1) is 0 Å². The maximum atomic E-state index is 12.6. The van der Waals surface area contributed by atoms with Crippen molar-refractivity contribution in [2.75, 3.05) is 34.4 Å². The zero-order valence-corrected chi connectivity index (χ0v) is 14.3. The first kappa shape index (κ1) is 17.4. The molecule has 2 atom stereocenters. The summed E-state index contributed by atoms with van der Waals surface area (Å²) in [5.41, 5.74) is 0.445. The molecule has 23 heavy (non-hydrogen) atoms. The third-order valence-electron chi connectivity index (χ3n) is 4.35. The summed E-state index contributed by atoms with van der Waals surface area (Å²) in [6.07, 6.45) is 2.27. The number of carbonyl (C=O) groups is 1. The van der Waals surface area contributed by atoms with Crippen molar-refractivity contribution in [2.45, 2.75) is 25.8 Å². The van der Waals surface area contributed by atoms with Crippen molar-refractivity contribution < 1.29 is 19.0 Å². The minimum Gasteiger partial charge on any atom is -0.493 e. The fourth-order valence-electron chi connectivity index (χ4n) is 2.99. The summed E-state index contributed by atoms with van der Waals surface area (Å²) in [5.74, 6) is 1.62. The van der Waals surface area contributed by atoms with Gasteiger partial charge in [0.25, 0.3) is 5.91 Å². The molecule has 1 saturated heterocycles. The topological polar surface area (TPSA) is 68.8 Å². The lowest BCUT2D eigenvalue weighted by atomic mass is 9.92. The molecule has 0 spiro atoms. The molecule has 0 radical (unpaired) electrons. The van der Waals surface area contributed by atoms with Gasteiger partial charge in [0.1, 0.15) is 0 Å². The molecule has 2 unspecified atom stereocenters. The minimum absolute atomic E-state index is 0.0908. The van der Waals surface area contributed by atoms with Crippen LogP contribution in [0.1, 0.15) is 30.1 Å². The Kier molecular flexibility index (Phi) is 6.10. The Bertz CT molecular complexity index is 542. The van der Waals surface area contributed by atoms with Gasteiger partial charge in [-0.05, 0) is 50.9 Å². The molecule has 6 heteroatoms. The second kappa shape index (κ2) is 8.06. The quantitative estimate of drug-likeness (QED) is 0.836. The van der Waals surface area contributed by atoms with Crippen LogP contribution in [0, 0.1) is 5.92 Å². The van der Waals surface area contributed by atoms with Crippen molar-refractivity contribution in [1.29, 1.82) is 0 Å². The van der Waals surface area contributed by atoms with Crippen LogP contribution in [-0.4, -0.2) is 46.4 Å². The van der Waals surface area contributed by atoms with Gasteiger partial charge >= 0.3 is 0 Å². The highest BCUT2D eigenvalue weighted by molar-refractivity contribution is 5.98.